The van der Waals surface area contributed by atoms with E-state index < -0.39 is 10.8 Å². The number of hydrogen-bond acceptors (Lipinski definition) is 1. The van der Waals surface area contributed by atoms with Gasteiger partial charge in [-0.05, 0) is 17.6 Å². The Morgan fingerprint density at radius 3 is 2.54 bits per heavy atom. The monoisotopic (exact) mass is 192 g/mol. The van der Waals surface area contributed by atoms with Crippen molar-refractivity contribution in [3.05, 3.63) is 42.0 Å². The quantitative estimate of drug-likeness (QED) is 0.667. The maximum atomic E-state index is 11.1. The van der Waals surface area contributed by atoms with Gasteiger partial charge < -0.3 is 0 Å². The summed E-state index contributed by atoms with van der Waals surface area (Å²) in [6, 6.07) is 10.3. The Bertz CT molecular complexity index is 340. The Labute approximate surface area is 80.9 Å². The van der Waals surface area contributed by atoms with E-state index in [9.17, 15) is 4.21 Å². The molecule has 1 aliphatic rings. The molecule has 0 aromatic heterocycles. The highest BCUT2D eigenvalue weighted by Crippen LogP contribution is 2.21. The third kappa shape index (κ3) is 2.07. The summed E-state index contributed by atoms with van der Waals surface area (Å²) in [6.45, 7) is 0. The van der Waals surface area contributed by atoms with Gasteiger partial charge in [-0.2, -0.15) is 0 Å². The first-order valence-corrected chi connectivity index (χ1v) is 5.94. The van der Waals surface area contributed by atoms with Gasteiger partial charge in [-0.1, -0.05) is 36.4 Å². The number of rotatable bonds is 1. The van der Waals surface area contributed by atoms with E-state index in [0.29, 0.717) is 0 Å². The maximum absolute atomic E-state index is 11.1. The van der Waals surface area contributed by atoms with Gasteiger partial charge in [0.25, 0.3) is 0 Å². The molecule has 2 heteroatoms. The standard InChI is InChI=1S/C11H12OS/c12-13-8-6-11(7-9-13)10-4-2-1-3-5-10/h1-6H,7-9H2. The first-order chi connectivity index (χ1) is 6.36. The SMILES string of the molecule is O=S1CC=C(c2ccccc2)CC1. The number of allylic oxidation sites excluding steroid dienone is 1. The van der Waals surface area contributed by atoms with Crippen LogP contribution in [0.4, 0.5) is 0 Å². The maximum Gasteiger partial charge on any atom is 0.0421 e. The molecule has 0 fully saturated rings. The van der Waals surface area contributed by atoms with Gasteiger partial charge in [0.05, 0.1) is 0 Å². The van der Waals surface area contributed by atoms with Crippen LogP contribution < -0.4 is 0 Å². The zero-order valence-electron chi connectivity index (χ0n) is 7.40. The highest BCUT2D eigenvalue weighted by atomic mass is 32.2. The molecule has 1 atom stereocenters. The zero-order valence-corrected chi connectivity index (χ0v) is 8.22. The van der Waals surface area contributed by atoms with E-state index in [2.05, 4.69) is 18.2 Å². The van der Waals surface area contributed by atoms with Gasteiger partial charge >= 0.3 is 0 Å². The average Bonchev–Trinajstić information content (AvgIpc) is 2.20. The summed E-state index contributed by atoms with van der Waals surface area (Å²) in [4.78, 5) is 0. The van der Waals surface area contributed by atoms with Crippen LogP contribution in [0.25, 0.3) is 5.57 Å². The van der Waals surface area contributed by atoms with Crippen LogP contribution in [0.1, 0.15) is 12.0 Å². The van der Waals surface area contributed by atoms with Gasteiger partial charge in [0, 0.05) is 22.3 Å². The van der Waals surface area contributed by atoms with E-state index in [1.807, 2.05) is 18.2 Å². The molecule has 0 saturated carbocycles. The molecule has 0 N–H and O–H groups in total. The van der Waals surface area contributed by atoms with E-state index >= 15 is 0 Å². The van der Waals surface area contributed by atoms with E-state index in [-0.39, 0.29) is 0 Å². The van der Waals surface area contributed by atoms with Crippen LogP contribution in [0.15, 0.2) is 36.4 Å². The average molecular weight is 192 g/mol. The highest BCUT2D eigenvalue weighted by Gasteiger charge is 2.09. The Hall–Kier alpha value is -0.890. The van der Waals surface area contributed by atoms with Crippen LogP contribution in [0.5, 0.6) is 0 Å². The van der Waals surface area contributed by atoms with Crippen molar-refractivity contribution >= 4 is 16.4 Å². The normalized spacial score (nSPS) is 22.5. The van der Waals surface area contributed by atoms with E-state index in [4.69, 9.17) is 0 Å². The molecule has 1 heterocycles. The van der Waals surface area contributed by atoms with Crippen molar-refractivity contribution < 1.29 is 4.21 Å². The Morgan fingerprint density at radius 1 is 1.15 bits per heavy atom. The van der Waals surface area contributed by atoms with Gasteiger partial charge in [-0.3, -0.25) is 4.21 Å². The Kier molecular flexibility index (Phi) is 2.60. The second kappa shape index (κ2) is 3.88. The molecule has 0 saturated heterocycles. The minimum Gasteiger partial charge on any atom is -0.259 e. The molecule has 13 heavy (non-hydrogen) atoms. The molecule has 0 aliphatic carbocycles. The molecular weight excluding hydrogens is 180 g/mol. The predicted octanol–water partition coefficient (Wildman–Crippen LogP) is 2.22. The van der Waals surface area contributed by atoms with Crippen LogP contribution in [0.3, 0.4) is 0 Å². The lowest BCUT2D eigenvalue weighted by Gasteiger charge is -2.12. The van der Waals surface area contributed by atoms with Crippen LogP contribution in [-0.2, 0) is 10.8 Å². The molecular formula is C11H12OS. The zero-order chi connectivity index (χ0) is 9.10. The smallest absolute Gasteiger partial charge is 0.0421 e. The van der Waals surface area contributed by atoms with Crippen molar-refractivity contribution in [3.8, 4) is 0 Å². The third-order valence-electron chi connectivity index (χ3n) is 2.26. The molecule has 1 aromatic rings. The summed E-state index contributed by atoms with van der Waals surface area (Å²) in [5, 5.41) is 0. The number of hydrogen-bond donors (Lipinski definition) is 0. The summed E-state index contributed by atoms with van der Waals surface area (Å²) in [6.07, 6.45) is 3.06. The second-order valence-corrected chi connectivity index (χ2v) is 4.78. The molecule has 0 radical (unpaired) electrons. The Balaban J connectivity index is 2.23. The fourth-order valence-electron chi connectivity index (χ4n) is 1.52. The van der Waals surface area contributed by atoms with Crippen LogP contribution in [0.2, 0.25) is 0 Å². The molecule has 1 aromatic carbocycles. The summed E-state index contributed by atoms with van der Waals surface area (Å²) in [5.41, 5.74) is 2.62. The molecule has 68 valence electrons. The lowest BCUT2D eigenvalue weighted by molar-refractivity contribution is 0.684. The van der Waals surface area contributed by atoms with Crippen LogP contribution >= 0.6 is 0 Å². The van der Waals surface area contributed by atoms with Crippen molar-refractivity contribution in [2.45, 2.75) is 6.42 Å². The minimum atomic E-state index is -0.611. The summed E-state index contributed by atoms with van der Waals surface area (Å²) >= 11 is 0. The lowest BCUT2D eigenvalue weighted by atomic mass is 10.0. The molecule has 1 unspecified atom stereocenters. The van der Waals surface area contributed by atoms with E-state index in [1.165, 1.54) is 11.1 Å². The molecule has 0 spiro atoms. The van der Waals surface area contributed by atoms with Gasteiger partial charge in [-0.15, -0.1) is 0 Å². The van der Waals surface area contributed by atoms with Crippen molar-refractivity contribution in [3.63, 3.8) is 0 Å². The number of benzene rings is 1. The van der Waals surface area contributed by atoms with Crippen molar-refractivity contribution in [1.82, 2.24) is 0 Å². The van der Waals surface area contributed by atoms with Gasteiger partial charge in [0.15, 0.2) is 0 Å². The summed E-state index contributed by atoms with van der Waals surface area (Å²) in [5.74, 6) is 1.55. The second-order valence-electron chi connectivity index (χ2n) is 3.16. The summed E-state index contributed by atoms with van der Waals surface area (Å²) in [7, 11) is -0.611. The fourth-order valence-corrected chi connectivity index (χ4v) is 2.52. The van der Waals surface area contributed by atoms with E-state index in [0.717, 1.165) is 17.9 Å². The van der Waals surface area contributed by atoms with Crippen molar-refractivity contribution in [1.29, 1.82) is 0 Å². The van der Waals surface area contributed by atoms with Gasteiger partial charge in [-0.25, -0.2) is 0 Å². The van der Waals surface area contributed by atoms with Crippen LogP contribution in [-0.4, -0.2) is 15.7 Å². The van der Waals surface area contributed by atoms with Gasteiger partial charge in [0.2, 0.25) is 0 Å². The molecule has 0 bridgehead atoms. The summed E-state index contributed by atoms with van der Waals surface area (Å²) < 4.78 is 11.1. The fraction of sp³-hybridized carbons (Fsp3) is 0.273. The van der Waals surface area contributed by atoms with E-state index in [1.54, 1.807) is 0 Å². The topological polar surface area (TPSA) is 17.1 Å². The molecule has 0 amide bonds. The minimum absolute atomic E-state index is 0.611. The molecule has 1 aliphatic heterocycles. The third-order valence-corrected chi connectivity index (χ3v) is 3.46. The first-order valence-electron chi connectivity index (χ1n) is 4.46. The predicted molar refractivity (Wildman–Crippen MR) is 56.9 cm³/mol. The molecule has 2 rings (SSSR count). The lowest BCUT2D eigenvalue weighted by Crippen LogP contribution is -2.07. The first kappa shape index (κ1) is 8.70. The highest BCUT2D eigenvalue weighted by molar-refractivity contribution is 7.85. The largest absolute Gasteiger partial charge is 0.259 e. The van der Waals surface area contributed by atoms with Gasteiger partial charge in [0.1, 0.15) is 0 Å². The Morgan fingerprint density at radius 2 is 1.92 bits per heavy atom. The van der Waals surface area contributed by atoms with Crippen LogP contribution in [0, 0.1) is 0 Å². The van der Waals surface area contributed by atoms with Crippen molar-refractivity contribution in [2.24, 2.45) is 0 Å². The molecule has 1 nitrogen and oxygen atoms in total. The van der Waals surface area contributed by atoms with Crippen molar-refractivity contribution in [2.75, 3.05) is 11.5 Å².